The number of hydrogen-bond donors (Lipinski definition) is 0. The molecule has 7 rings (SSSR count). The van der Waals surface area contributed by atoms with Crippen molar-refractivity contribution in [3.05, 3.63) is 96.6 Å². The molecular weight excluding hydrogens is 490 g/mol. The van der Waals surface area contributed by atoms with Gasteiger partial charge in [0.25, 0.3) is 11.8 Å². The minimum absolute atomic E-state index is 0.235. The molecule has 0 spiro atoms. The van der Waals surface area contributed by atoms with Crippen LogP contribution in [0.25, 0.3) is 67.9 Å². The van der Waals surface area contributed by atoms with Gasteiger partial charge in [0, 0.05) is 21.9 Å². The molecule has 8 nitrogen and oxygen atoms in total. The molecular formula is C28H14F2N6O2. The van der Waals surface area contributed by atoms with Gasteiger partial charge in [0.1, 0.15) is 23.0 Å². The lowest BCUT2D eigenvalue weighted by molar-refractivity contribution is 0.580. The molecule has 0 amide bonds. The van der Waals surface area contributed by atoms with E-state index in [1.54, 1.807) is 42.5 Å². The van der Waals surface area contributed by atoms with Crippen molar-refractivity contribution in [2.45, 2.75) is 0 Å². The highest BCUT2D eigenvalue weighted by Crippen LogP contribution is 2.29. The summed E-state index contributed by atoms with van der Waals surface area (Å²) in [5, 5.41) is 17.9. The zero-order chi connectivity index (χ0) is 25.6. The maximum atomic E-state index is 13.5. The fourth-order valence-electron chi connectivity index (χ4n) is 4.10. The van der Waals surface area contributed by atoms with E-state index >= 15 is 0 Å². The summed E-state index contributed by atoms with van der Waals surface area (Å²) in [5.41, 5.74) is 3.48. The van der Waals surface area contributed by atoms with E-state index in [0.29, 0.717) is 44.3 Å². The first kappa shape index (κ1) is 21.9. The van der Waals surface area contributed by atoms with Crippen molar-refractivity contribution in [2.24, 2.45) is 0 Å². The number of fused-ring (bicyclic) bond motifs is 2. The lowest BCUT2D eigenvalue weighted by Crippen LogP contribution is -1.86. The van der Waals surface area contributed by atoms with Crippen LogP contribution in [0.5, 0.6) is 0 Å². The number of nitrogens with zero attached hydrogens (tertiary/aromatic N) is 6. The predicted octanol–water partition coefficient (Wildman–Crippen LogP) is 6.50. The summed E-state index contributed by atoms with van der Waals surface area (Å²) >= 11 is 0. The van der Waals surface area contributed by atoms with Crippen LogP contribution in [0.1, 0.15) is 0 Å². The molecule has 38 heavy (non-hydrogen) atoms. The normalized spacial score (nSPS) is 11.4. The molecule has 0 aliphatic rings. The molecule has 4 aromatic heterocycles. The maximum absolute atomic E-state index is 13.5. The third kappa shape index (κ3) is 3.94. The largest absolute Gasteiger partial charge is 0.415 e. The maximum Gasteiger partial charge on any atom is 0.266 e. The molecule has 10 heteroatoms. The van der Waals surface area contributed by atoms with Gasteiger partial charge in [-0.15, -0.1) is 20.4 Å². The fraction of sp³-hybridized carbons (Fsp3) is 0. The zero-order valence-corrected chi connectivity index (χ0v) is 19.3. The van der Waals surface area contributed by atoms with Crippen LogP contribution < -0.4 is 0 Å². The van der Waals surface area contributed by atoms with Gasteiger partial charge in [-0.25, -0.2) is 18.7 Å². The molecule has 0 bridgehead atoms. The minimum atomic E-state index is -0.328. The highest BCUT2D eigenvalue weighted by Gasteiger charge is 2.16. The summed E-state index contributed by atoms with van der Waals surface area (Å²) in [6.45, 7) is 0. The van der Waals surface area contributed by atoms with E-state index in [2.05, 4.69) is 30.4 Å². The van der Waals surface area contributed by atoms with E-state index in [1.165, 1.54) is 24.3 Å². The molecule has 0 fully saturated rings. The molecule has 0 N–H and O–H groups in total. The lowest BCUT2D eigenvalue weighted by Gasteiger charge is -2.00. The molecule has 0 unspecified atom stereocenters. The first-order valence-electron chi connectivity index (χ1n) is 11.5. The van der Waals surface area contributed by atoms with Gasteiger partial charge in [0.05, 0.1) is 11.0 Å². The van der Waals surface area contributed by atoms with Crippen molar-refractivity contribution in [3.8, 4) is 46.1 Å². The van der Waals surface area contributed by atoms with Gasteiger partial charge in [-0.2, -0.15) is 0 Å². The highest BCUT2D eigenvalue weighted by atomic mass is 19.1. The van der Waals surface area contributed by atoms with Crippen LogP contribution in [0.15, 0.2) is 93.8 Å². The van der Waals surface area contributed by atoms with E-state index < -0.39 is 0 Å². The van der Waals surface area contributed by atoms with Gasteiger partial charge in [0.15, 0.2) is 0 Å². The molecule has 3 aromatic carbocycles. The van der Waals surface area contributed by atoms with E-state index in [-0.39, 0.29) is 35.2 Å². The van der Waals surface area contributed by atoms with Crippen molar-refractivity contribution in [1.82, 2.24) is 30.4 Å². The molecule has 0 saturated heterocycles. The summed E-state index contributed by atoms with van der Waals surface area (Å²) in [4.78, 5) is 8.99. The van der Waals surface area contributed by atoms with Crippen LogP contribution in [0.2, 0.25) is 0 Å². The van der Waals surface area contributed by atoms with Crippen LogP contribution in [0, 0.1) is 11.6 Å². The second-order valence-corrected chi connectivity index (χ2v) is 8.47. The van der Waals surface area contributed by atoms with Gasteiger partial charge in [-0.1, -0.05) is 18.2 Å². The van der Waals surface area contributed by atoms with Crippen LogP contribution in [-0.2, 0) is 0 Å². The van der Waals surface area contributed by atoms with E-state index in [4.69, 9.17) is 8.83 Å². The number of halogens is 2. The van der Waals surface area contributed by atoms with Crippen molar-refractivity contribution < 1.29 is 17.6 Å². The van der Waals surface area contributed by atoms with Crippen molar-refractivity contribution in [2.75, 3.05) is 0 Å². The second kappa shape index (κ2) is 8.63. The number of hydrogen-bond acceptors (Lipinski definition) is 8. The van der Waals surface area contributed by atoms with Gasteiger partial charge in [0.2, 0.25) is 11.8 Å². The Morgan fingerprint density at radius 3 is 1.45 bits per heavy atom. The Balaban J connectivity index is 1.18. The van der Waals surface area contributed by atoms with Gasteiger partial charge >= 0.3 is 0 Å². The van der Waals surface area contributed by atoms with Gasteiger partial charge in [-0.3, -0.25) is 0 Å². The first-order chi connectivity index (χ1) is 18.6. The number of benzene rings is 3. The SMILES string of the molecule is Fc1ccc2nc(-c3nnc(-c4cccc(-c5nnc(-c6ccc7cc(F)ccc7n6)o5)c4)o3)ccc2c1. The highest BCUT2D eigenvalue weighted by molar-refractivity contribution is 5.81. The topological polar surface area (TPSA) is 104 Å². The van der Waals surface area contributed by atoms with Gasteiger partial charge in [-0.05, 0) is 66.7 Å². The second-order valence-electron chi connectivity index (χ2n) is 8.47. The monoisotopic (exact) mass is 504 g/mol. The Kier molecular flexibility index (Phi) is 4.96. The standard InChI is InChI=1S/C28H14F2N6O2/c29-19-6-10-21-15(13-19)4-8-23(31-21)27-35-33-25(37-27)17-2-1-3-18(12-17)26-34-36-28(38-26)24-9-5-16-14-20(30)7-11-22(16)32-24/h1-14H. The third-order valence-electron chi connectivity index (χ3n) is 5.95. The lowest BCUT2D eigenvalue weighted by atomic mass is 10.1. The number of rotatable bonds is 4. The smallest absolute Gasteiger partial charge is 0.266 e. The average molecular weight is 504 g/mol. The quantitative estimate of drug-likeness (QED) is 0.268. The van der Waals surface area contributed by atoms with Crippen LogP contribution in [-0.4, -0.2) is 30.4 Å². The average Bonchev–Trinajstić information content (AvgIpc) is 3.64. The van der Waals surface area contributed by atoms with Crippen molar-refractivity contribution in [3.63, 3.8) is 0 Å². The Morgan fingerprint density at radius 1 is 0.474 bits per heavy atom. The summed E-state index contributed by atoms with van der Waals surface area (Å²) in [6.07, 6.45) is 0. The Bertz CT molecular complexity index is 1850. The summed E-state index contributed by atoms with van der Waals surface area (Å²) in [6, 6.07) is 22.9. The van der Waals surface area contributed by atoms with E-state index in [0.717, 1.165) is 0 Å². The Morgan fingerprint density at radius 2 is 0.947 bits per heavy atom. The van der Waals surface area contributed by atoms with Crippen LogP contribution in [0.4, 0.5) is 8.78 Å². The molecule has 0 saturated carbocycles. The summed E-state index contributed by atoms with van der Waals surface area (Å²) in [7, 11) is 0. The zero-order valence-electron chi connectivity index (χ0n) is 19.3. The fourth-order valence-corrected chi connectivity index (χ4v) is 4.10. The molecule has 0 aliphatic heterocycles. The summed E-state index contributed by atoms with van der Waals surface area (Å²) < 4.78 is 38.7. The number of pyridine rings is 2. The molecule has 0 radical (unpaired) electrons. The van der Waals surface area contributed by atoms with Gasteiger partial charge < -0.3 is 8.83 Å². The van der Waals surface area contributed by atoms with Crippen molar-refractivity contribution >= 4 is 21.8 Å². The first-order valence-corrected chi connectivity index (χ1v) is 11.5. The van der Waals surface area contributed by atoms with Crippen LogP contribution in [0.3, 0.4) is 0 Å². The van der Waals surface area contributed by atoms with E-state index in [9.17, 15) is 8.78 Å². The number of aromatic nitrogens is 6. The molecule has 182 valence electrons. The summed E-state index contributed by atoms with van der Waals surface area (Å²) in [5.74, 6) is 0.381. The molecule has 0 atom stereocenters. The van der Waals surface area contributed by atoms with Crippen molar-refractivity contribution in [1.29, 1.82) is 0 Å². The van der Waals surface area contributed by atoms with E-state index in [1.807, 2.05) is 18.2 Å². The third-order valence-corrected chi connectivity index (χ3v) is 5.95. The molecule has 0 aliphatic carbocycles. The Hall–Kier alpha value is -5.38. The molecule has 7 aromatic rings. The molecule has 4 heterocycles. The Labute approximate surface area is 212 Å². The minimum Gasteiger partial charge on any atom is -0.415 e. The van der Waals surface area contributed by atoms with Crippen LogP contribution >= 0.6 is 0 Å². The predicted molar refractivity (Wildman–Crippen MR) is 134 cm³/mol.